The van der Waals surface area contributed by atoms with Gasteiger partial charge in [0.25, 0.3) is 0 Å². The zero-order valence-corrected chi connectivity index (χ0v) is 11.1. The van der Waals surface area contributed by atoms with Gasteiger partial charge in [-0.15, -0.1) is 0 Å². The van der Waals surface area contributed by atoms with Gasteiger partial charge in [-0.2, -0.15) is 0 Å². The van der Waals surface area contributed by atoms with Gasteiger partial charge in [0, 0.05) is 4.83 Å². The summed E-state index contributed by atoms with van der Waals surface area (Å²) in [5.74, 6) is 0. The van der Waals surface area contributed by atoms with Gasteiger partial charge in [0.1, 0.15) is 0 Å². The maximum atomic E-state index is 3.70. The van der Waals surface area contributed by atoms with E-state index >= 15 is 0 Å². The third-order valence-electron chi connectivity index (χ3n) is 2.71. The summed E-state index contributed by atoms with van der Waals surface area (Å²) >= 11 is 3.70. The molecule has 0 spiro atoms. The minimum atomic E-state index is 0.614. The molecule has 0 nitrogen and oxygen atoms in total. The van der Waals surface area contributed by atoms with Gasteiger partial charge in [0.05, 0.1) is 0 Å². The van der Waals surface area contributed by atoms with Crippen molar-refractivity contribution in [1.29, 1.82) is 0 Å². The number of hydrogen-bond acceptors (Lipinski definition) is 0. The first-order valence-corrected chi connectivity index (χ1v) is 6.17. The van der Waals surface area contributed by atoms with Crippen molar-refractivity contribution in [1.82, 2.24) is 0 Å². The van der Waals surface area contributed by atoms with Crippen LogP contribution < -0.4 is 0 Å². The van der Waals surface area contributed by atoms with E-state index in [1.54, 1.807) is 0 Å². The number of alkyl halides is 1. The van der Waals surface area contributed by atoms with E-state index in [0.29, 0.717) is 4.83 Å². The predicted molar refractivity (Wildman–Crippen MR) is 67.4 cm³/mol. The van der Waals surface area contributed by atoms with Crippen LogP contribution in [0.2, 0.25) is 0 Å². The number of halogens is 1. The molecule has 0 fully saturated rings. The Morgan fingerprint density at radius 2 is 1.64 bits per heavy atom. The van der Waals surface area contributed by atoms with Crippen molar-refractivity contribution in [3.63, 3.8) is 0 Å². The third-order valence-corrected chi connectivity index (χ3v) is 3.68. The Labute approximate surface area is 95.9 Å². The van der Waals surface area contributed by atoms with Crippen molar-refractivity contribution in [3.05, 3.63) is 34.4 Å². The van der Waals surface area contributed by atoms with Crippen LogP contribution in [0.3, 0.4) is 0 Å². The molecule has 0 aromatic heterocycles. The molecule has 0 radical (unpaired) electrons. The van der Waals surface area contributed by atoms with Gasteiger partial charge in [-0.1, -0.05) is 40.5 Å². The van der Waals surface area contributed by atoms with Crippen LogP contribution in [-0.4, -0.2) is 4.83 Å². The second-order valence-corrected chi connectivity index (χ2v) is 5.38. The van der Waals surface area contributed by atoms with Gasteiger partial charge >= 0.3 is 0 Å². The highest BCUT2D eigenvalue weighted by Crippen LogP contribution is 2.21. The summed E-state index contributed by atoms with van der Waals surface area (Å²) in [5.41, 5.74) is 5.74. The van der Waals surface area contributed by atoms with Crippen molar-refractivity contribution >= 4 is 15.9 Å². The summed E-state index contributed by atoms with van der Waals surface area (Å²) < 4.78 is 0. The molecule has 14 heavy (non-hydrogen) atoms. The molecule has 78 valence electrons. The van der Waals surface area contributed by atoms with Crippen LogP contribution in [0.15, 0.2) is 12.1 Å². The topological polar surface area (TPSA) is 0 Å². The van der Waals surface area contributed by atoms with Crippen molar-refractivity contribution in [2.45, 2.75) is 45.4 Å². The molecule has 1 aromatic rings. The predicted octanol–water partition coefficient (Wildman–Crippen LogP) is 4.33. The van der Waals surface area contributed by atoms with Crippen molar-refractivity contribution in [2.75, 3.05) is 0 Å². The average molecular weight is 255 g/mol. The fraction of sp³-hybridized carbons (Fsp3) is 0.538. The molecule has 0 saturated carbocycles. The van der Waals surface area contributed by atoms with E-state index < -0.39 is 0 Å². The van der Waals surface area contributed by atoms with Crippen LogP contribution in [0.4, 0.5) is 0 Å². The lowest BCUT2D eigenvalue weighted by atomic mass is 9.96. The third kappa shape index (κ3) is 2.84. The monoisotopic (exact) mass is 254 g/mol. The number of benzene rings is 1. The standard InChI is InChI=1S/C13H19Br/c1-5-12(14)8-13-10(3)6-9(2)7-11(13)4/h6-7,12H,5,8H2,1-4H3. The molecule has 0 bridgehead atoms. The smallest absolute Gasteiger partial charge is 0.0183 e. The van der Waals surface area contributed by atoms with Gasteiger partial charge in [-0.25, -0.2) is 0 Å². The first-order chi connectivity index (χ1) is 6.54. The first kappa shape index (κ1) is 11.8. The van der Waals surface area contributed by atoms with E-state index in [2.05, 4.69) is 55.8 Å². The molecular formula is C13H19Br. The molecule has 0 N–H and O–H groups in total. The first-order valence-electron chi connectivity index (χ1n) is 5.25. The summed E-state index contributed by atoms with van der Waals surface area (Å²) in [6, 6.07) is 4.55. The lowest BCUT2D eigenvalue weighted by Crippen LogP contribution is -2.04. The van der Waals surface area contributed by atoms with E-state index in [9.17, 15) is 0 Å². The van der Waals surface area contributed by atoms with E-state index in [1.807, 2.05) is 0 Å². The minimum Gasteiger partial charge on any atom is -0.0887 e. The maximum Gasteiger partial charge on any atom is 0.0183 e. The van der Waals surface area contributed by atoms with Crippen LogP contribution in [0.5, 0.6) is 0 Å². The van der Waals surface area contributed by atoms with E-state index in [-0.39, 0.29) is 0 Å². The molecule has 0 saturated heterocycles. The molecule has 0 aliphatic heterocycles. The summed E-state index contributed by atoms with van der Waals surface area (Å²) in [6.07, 6.45) is 2.33. The average Bonchev–Trinajstić information content (AvgIpc) is 2.10. The van der Waals surface area contributed by atoms with E-state index in [0.717, 1.165) is 6.42 Å². The summed E-state index contributed by atoms with van der Waals surface area (Å²) in [7, 11) is 0. The molecule has 1 atom stereocenters. The molecular weight excluding hydrogens is 236 g/mol. The summed E-state index contributed by atoms with van der Waals surface area (Å²) in [5, 5.41) is 0. The quantitative estimate of drug-likeness (QED) is 0.705. The highest BCUT2D eigenvalue weighted by molar-refractivity contribution is 9.09. The van der Waals surface area contributed by atoms with Crippen molar-refractivity contribution < 1.29 is 0 Å². The van der Waals surface area contributed by atoms with Crippen LogP contribution in [-0.2, 0) is 6.42 Å². The molecule has 1 aromatic carbocycles. The highest BCUT2D eigenvalue weighted by atomic mass is 79.9. The zero-order valence-electron chi connectivity index (χ0n) is 9.52. The molecule has 0 aliphatic carbocycles. The number of hydrogen-bond donors (Lipinski definition) is 0. The van der Waals surface area contributed by atoms with Gasteiger partial charge in [0.2, 0.25) is 0 Å². The largest absolute Gasteiger partial charge is 0.0887 e. The second-order valence-electron chi connectivity index (χ2n) is 4.09. The second kappa shape index (κ2) is 4.97. The Balaban J connectivity index is 2.96. The SMILES string of the molecule is CCC(Br)Cc1c(C)cc(C)cc1C. The summed E-state index contributed by atoms with van der Waals surface area (Å²) in [6.45, 7) is 8.81. The number of aryl methyl sites for hydroxylation is 3. The lowest BCUT2D eigenvalue weighted by molar-refractivity contribution is 0.820. The fourth-order valence-corrected chi connectivity index (χ4v) is 2.22. The lowest BCUT2D eigenvalue weighted by Gasteiger charge is -2.13. The van der Waals surface area contributed by atoms with E-state index in [4.69, 9.17) is 0 Å². The van der Waals surface area contributed by atoms with Crippen molar-refractivity contribution in [2.24, 2.45) is 0 Å². The molecule has 1 heteroatoms. The Morgan fingerprint density at radius 3 is 2.07 bits per heavy atom. The van der Waals surface area contributed by atoms with Crippen LogP contribution in [0.25, 0.3) is 0 Å². The van der Waals surface area contributed by atoms with Gasteiger partial charge in [0.15, 0.2) is 0 Å². The van der Waals surface area contributed by atoms with Crippen LogP contribution in [0, 0.1) is 20.8 Å². The maximum absolute atomic E-state index is 3.70. The van der Waals surface area contributed by atoms with Crippen LogP contribution >= 0.6 is 15.9 Å². The van der Waals surface area contributed by atoms with Gasteiger partial charge in [-0.05, 0) is 50.3 Å². The Kier molecular flexibility index (Phi) is 4.18. The summed E-state index contributed by atoms with van der Waals surface area (Å²) in [4.78, 5) is 0.614. The van der Waals surface area contributed by atoms with Gasteiger partial charge < -0.3 is 0 Å². The molecule has 0 amide bonds. The Morgan fingerprint density at radius 1 is 1.14 bits per heavy atom. The fourth-order valence-electron chi connectivity index (χ4n) is 1.90. The van der Waals surface area contributed by atoms with Crippen molar-refractivity contribution in [3.8, 4) is 0 Å². The Hall–Kier alpha value is -0.300. The minimum absolute atomic E-state index is 0.614. The normalized spacial score (nSPS) is 12.9. The molecule has 1 rings (SSSR count). The molecule has 1 unspecified atom stereocenters. The molecule has 0 heterocycles. The zero-order chi connectivity index (χ0) is 10.7. The van der Waals surface area contributed by atoms with E-state index in [1.165, 1.54) is 28.7 Å². The Bertz CT molecular complexity index is 292. The molecule has 0 aliphatic rings. The number of rotatable bonds is 3. The van der Waals surface area contributed by atoms with Crippen LogP contribution in [0.1, 0.15) is 35.6 Å². The highest BCUT2D eigenvalue weighted by Gasteiger charge is 2.08. The van der Waals surface area contributed by atoms with Gasteiger partial charge in [-0.3, -0.25) is 0 Å².